The molecule has 0 aliphatic heterocycles. The number of ether oxygens (including phenoxy) is 4. The molecule has 0 amide bonds. The van der Waals surface area contributed by atoms with Gasteiger partial charge in [-0.1, -0.05) is 319 Å². The van der Waals surface area contributed by atoms with E-state index in [0.29, 0.717) is 25.7 Å². The summed E-state index contributed by atoms with van der Waals surface area (Å²) in [4.78, 5) is 73.0. The minimum absolute atomic E-state index is 0.0986. The van der Waals surface area contributed by atoms with Crippen LogP contribution in [0.4, 0.5) is 0 Å². The molecule has 4 atom stereocenters. The van der Waals surface area contributed by atoms with Crippen LogP contribution in [0.3, 0.4) is 0 Å². The van der Waals surface area contributed by atoms with Crippen LogP contribution in [0.2, 0.25) is 0 Å². The van der Waals surface area contributed by atoms with Crippen molar-refractivity contribution in [3.05, 3.63) is 72.9 Å². The molecule has 3 N–H and O–H groups in total. The molecule has 0 radical (unpaired) electrons. The summed E-state index contributed by atoms with van der Waals surface area (Å²) in [5, 5.41) is 10.6. The van der Waals surface area contributed by atoms with Crippen LogP contribution in [0.15, 0.2) is 72.9 Å². The second-order valence-electron chi connectivity index (χ2n) is 27.0. The zero-order valence-corrected chi connectivity index (χ0v) is 65.4. The summed E-state index contributed by atoms with van der Waals surface area (Å²) in [5.41, 5.74) is 0. The van der Waals surface area contributed by atoms with Gasteiger partial charge in [0.05, 0.1) is 26.4 Å². The maximum atomic E-state index is 13.1. The fraction of sp³-hybridized carbons (Fsp3) is 0.802. The molecule has 4 unspecified atom stereocenters. The zero-order chi connectivity index (χ0) is 73.2. The molecule has 0 aliphatic rings. The molecule has 100 heavy (non-hydrogen) atoms. The van der Waals surface area contributed by atoms with E-state index in [0.717, 1.165) is 180 Å². The lowest BCUT2D eigenvalue weighted by Gasteiger charge is -2.21. The van der Waals surface area contributed by atoms with Gasteiger partial charge in [-0.3, -0.25) is 37.3 Å². The van der Waals surface area contributed by atoms with Crippen molar-refractivity contribution in [3.63, 3.8) is 0 Å². The minimum Gasteiger partial charge on any atom is -0.462 e. The zero-order valence-electron chi connectivity index (χ0n) is 63.6. The molecule has 0 bridgehead atoms. The first-order chi connectivity index (χ1) is 48.7. The maximum absolute atomic E-state index is 13.1. The van der Waals surface area contributed by atoms with Gasteiger partial charge in [-0.15, -0.1) is 0 Å². The fourth-order valence-electron chi connectivity index (χ4n) is 11.1. The number of allylic oxidation sites excluding steroid dienone is 12. The highest BCUT2D eigenvalue weighted by atomic mass is 31.2. The van der Waals surface area contributed by atoms with Crippen molar-refractivity contribution in [2.75, 3.05) is 39.6 Å². The van der Waals surface area contributed by atoms with Crippen molar-refractivity contribution in [2.45, 2.75) is 380 Å². The van der Waals surface area contributed by atoms with E-state index in [1.165, 1.54) is 103 Å². The molecular weight excluding hydrogens is 1310 g/mol. The number of aliphatic hydroxyl groups is 1. The Morgan fingerprint density at radius 3 is 0.800 bits per heavy atom. The van der Waals surface area contributed by atoms with E-state index >= 15 is 0 Å². The van der Waals surface area contributed by atoms with E-state index in [1.807, 2.05) is 0 Å². The van der Waals surface area contributed by atoms with Crippen LogP contribution in [-0.4, -0.2) is 96.7 Å². The Balaban J connectivity index is 5.30. The first-order valence-corrected chi connectivity index (χ1v) is 43.2. The first kappa shape index (κ1) is 96.5. The van der Waals surface area contributed by atoms with Crippen molar-refractivity contribution in [2.24, 2.45) is 0 Å². The van der Waals surface area contributed by atoms with Crippen molar-refractivity contribution in [3.8, 4) is 0 Å². The van der Waals surface area contributed by atoms with Gasteiger partial charge in [-0.2, -0.15) is 0 Å². The standard InChI is InChI=1S/C81H146O17P2/c1-5-9-13-17-21-25-29-33-35-37-39-43-45-49-53-57-61-65-78(83)91-71-76(97-80(85)67-63-59-55-51-47-41-31-27-23-19-15-11-7-3)73-95-99(87,88)93-69-75(82)70-94-100(89,90)96-74-77(98-81(86)68-64-60-56-52-48-42-32-28-24-20-16-12-8-4)72-92-79(84)66-62-58-54-50-46-44-40-38-36-34-30-26-22-18-14-10-6-2/h9-10,13-14,21-22,25-26,33-36,75-77,82H,5-8,11-12,15-20,23-24,27-32,37-74H2,1-4H3,(H,87,88)(H,89,90)/b13-9-,14-10-,25-21-,26-22-,35-33-,36-34-. The smallest absolute Gasteiger partial charge is 0.462 e. The fourth-order valence-corrected chi connectivity index (χ4v) is 12.7. The quantitative estimate of drug-likeness (QED) is 0.0169. The van der Waals surface area contributed by atoms with Crippen LogP contribution < -0.4 is 0 Å². The molecular formula is C81H146O17P2. The van der Waals surface area contributed by atoms with Gasteiger partial charge in [-0.25, -0.2) is 9.13 Å². The first-order valence-electron chi connectivity index (χ1n) is 40.2. The number of phosphoric acid groups is 2. The summed E-state index contributed by atoms with van der Waals surface area (Å²) < 4.78 is 68.6. The van der Waals surface area contributed by atoms with Gasteiger partial charge in [0.15, 0.2) is 12.2 Å². The Morgan fingerprint density at radius 1 is 0.290 bits per heavy atom. The lowest BCUT2D eigenvalue weighted by atomic mass is 10.0. The largest absolute Gasteiger partial charge is 0.472 e. The van der Waals surface area contributed by atoms with Crippen LogP contribution in [0.1, 0.15) is 362 Å². The van der Waals surface area contributed by atoms with Crippen molar-refractivity contribution in [1.29, 1.82) is 0 Å². The van der Waals surface area contributed by atoms with Gasteiger partial charge in [0.25, 0.3) is 0 Å². The topological polar surface area (TPSA) is 237 Å². The SMILES string of the molecule is CC/C=C\C/C=C\C/C=C\CCCCCCCCCC(=O)OCC(COP(=O)(O)OCC(O)COP(=O)(O)OCC(COC(=O)CCCCCCCCC/C=C\C/C=C\C/C=C\CC)OC(=O)CCCCCCCCCCCCCCC)OC(=O)CCCCCCCCCCCCCCC. The van der Waals surface area contributed by atoms with Crippen LogP contribution in [0.25, 0.3) is 0 Å². The highest BCUT2D eigenvalue weighted by Crippen LogP contribution is 2.45. The Hall–Kier alpha value is -3.50. The third-order valence-electron chi connectivity index (χ3n) is 17.2. The number of carbonyl (C=O) groups excluding carboxylic acids is 4. The molecule has 0 spiro atoms. The Bertz CT molecular complexity index is 2030. The molecule has 0 aromatic carbocycles. The van der Waals surface area contributed by atoms with Gasteiger partial charge in [-0.05, 0) is 89.9 Å². The summed E-state index contributed by atoms with van der Waals surface area (Å²) >= 11 is 0. The average Bonchev–Trinajstić information content (AvgIpc) is 0.943. The lowest BCUT2D eigenvalue weighted by molar-refractivity contribution is -0.161. The van der Waals surface area contributed by atoms with Crippen molar-refractivity contribution in [1.82, 2.24) is 0 Å². The van der Waals surface area contributed by atoms with Gasteiger partial charge < -0.3 is 33.8 Å². The lowest BCUT2D eigenvalue weighted by Crippen LogP contribution is -2.30. The van der Waals surface area contributed by atoms with Gasteiger partial charge in [0, 0.05) is 25.7 Å². The number of hydrogen-bond donors (Lipinski definition) is 3. The van der Waals surface area contributed by atoms with E-state index < -0.39 is 97.5 Å². The molecule has 0 rings (SSSR count). The Morgan fingerprint density at radius 2 is 0.520 bits per heavy atom. The number of esters is 4. The molecule has 19 heteroatoms. The number of rotatable bonds is 76. The number of hydrogen-bond acceptors (Lipinski definition) is 15. The molecule has 0 aliphatic carbocycles. The Labute approximate surface area is 609 Å². The second-order valence-corrected chi connectivity index (χ2v) is 29.9. The third kappa shape index (κ3) is 72.8. The number of carbonyl (C=O) groups is 4. The van der Waals surface area contributed by atoms with Crippen LogP contribution in [-0.2, 0) is 65.4 Å². The highest BCUT2D eigenvalue weighted by Gasteiger charge is 2.30. The molecule has 17 nitrogen and oxygen atoms in total. The molecule has 582 valence electrons. The van der Waals surface area contributed by atoms with Crippen LogP contribution in [0.5, 0.6) is 0 Å². The normalized spacial score (nSPS) is 14.3. The molecule has 0 fully saturated rings. The van der Waals surface area contributed by atoms with Gasteiger partial charge in [0.1, 0.15) is 19.3 Å². The molecule has 0 saturated carbocycles. The van der Waals surface area contributed by atoms with Gasteiger partial charge >= 0.3 is 39.5 Å². The van der Waals surface area contributed by atoms with Crippen LogP contribution in [0, 0.1) is 0 Å². The molecule has 0 heterocycles. The number of phosphoric ester groups is 2. The highest BCUT2D eigenvalue weighted by molar-refractivity contribution is 7.47. The van der Waals surface area contributed by atoms with Crippen molar-refractivity contribution < 1.29 is 80.2 Å². The van der Waals surface area contributed by atoms with Crippen molar-refractivity contribution >= 4 is 39.5 Å². The van der Waals surface area contributed by atoms with E-state index in [-0.39, 0.29) is 25.7 Å². The average molecular weight is 1450 g/mol. The molecule has 0 saturated heterocycles. The summed E-state index contributed by atoms with van der Waals surface area (Å²) in [6.45, 7) is 4.70. The third-order valence-corrected chi connectivity index (χ3v) is 19.1. The van der Waals surface area contributed by atoms with E-state index in [1.54, 1.807) is 0 Å². The summed E-state index contributed by atoms with van der Waals surface area (Å²) in [6.07, 6.45) is 74.4. The van der Waals surface area contributed by atoms with E-state index in [4.69, 9.17) is 37.0 Å². The summed E-state index contributed by atoms with van der Waals surface area (Å²) in [6, 6.07) is 0. The second kappa shape index (κ2) is 73.8. The monoisotopic (exact) mass is 1450 g/mol. The van der Waals surface area contributed by atoms with E-state index in [9.17, 15) is 43.2 Å². The number of aliphatic hydroxyl groups excluding tert-OH is 1. The Kier molecular flexibility index (Phi) is 71.2. The number of unbranched alkanes of at least 4 members (excludes halogenated alkanes) is 38. The minimum atomic E-state index is -4.97. The maximum Gasteiger partial charge on any atom is 0.472 e. The van der Waals surface area contributed by atoms with E-state index in [2.05, 4.69) is 101 Å². The summed E-state index contributed by atoms with van der Waals surface area (Å²) in [5.74, 6) is -2.16. The van der Waals surface area contributed by atoms with Crippen LogP contribution >= 0.6 is 15.6 Å². The van der Waals surface area contributed by atoms with Gasteiger partial charge in [0.2, 0.25) is 0 Å². The predicted molar refractivity (Wildman–Crippen MR) is 409 cm³/mol. The summed E-state index contributed by atoms with van der Waals surface area (Å²) in [7, 11) is -9.94. The molecule has 0 aromatic heterocycles. The predicted octanol–water partition coefficient (Wildman–Crippen LogP) is 23.2. The molecule has 0 aromatic rings.